The second-order valence-electron chi connectivity index (χ2n) is 12.7. The van der Waals surface area contributed by atoms with Gasteiger partial charge in [0.1, 0.15) is 6.10 Å². The largest absolute Gasteiger partial charge is 0.396 e. The lowest BCUT2D eigenvalue weighted by molar-refractivity contribution is -0.213. The highest BCUT2D eigenvalue weighted by atomic mass is 16.6. The number of nitrogens with zero attached hydrogens (tertiary/aromatic N) is 1. The molecule has 0 aromatic rings. The minimum atomic E-state index is -0.531. The quantitative estimate of drug-likeness (QED) is 0.498. The number of aliphatic hydroxyl groups excluding tert-OH is 3. The van der Waals surface area contributed by atoms with E-state index in [1.165, 1.54) is 0 Å². The molecule has 0 amide bonds. The molecule has 5 aliphatic rings. The van der Waals surface area contributed by atoms with Crippen molar-refractivity contribution in [2.75, 3.05) is 19.7 Å². The summed E-state index contributed by atoms with van der Waals surface area (Å²) >= 11 is 0. The molecule has 0 bridgehead atoms. The maximum Gasteiger partial charge on any atom is 0.141 e. The Balaban J connectivity index is 1.48. The lowest BCUT2D eigenvalue weighted by Crippen LogP contribution is -2.66. The third-order valence-corrected chi connectivity index (χ3v) is 11.1. The molecule has 5 rings (SSSR count). The topological polar surface area (TPSA) is 94.3 Å². The zero-order valence-corrected chi connectivity index (χ0v) is 20.4. The van der Waals surface area contributed by atoms with Crippen LogP contribution in [-0.4, -0.2) is 59.0 Å². The molecule has 6 heteroatoms. The molecule has 32 heavy (non-hydrogen) atoms. The van der Waals surface area contributed by atoms with Crippen LogP contribution in [-0.2, 0) is 4.84 Å². The van der Waals surface area contributed by atoms with Gasteiger partial charge in [0.05, 0.1) is 17.9 Å². The first-order chi connectivity index (χ1) is 15.1. The molecule has 1 aliphatic heterocycles. The molecule has 1 saturated heterocycles. The third-order valence-electron chi connectivity index (χ3n) is 11.1. The van der Waals surface area contributed by atoms with Crippen molar-refractivity contribution in [3.8, 4) is 0 Å². The van der Waals surface area contributed by atoms with Crippen molar-refractivity contribution in [3.63, 3.8) is 0 Å². The predicted octanol–water partition coefficient (Wildman–Crippen LogP) is 2.95. The summed E-state index contributed by atoms with van der Waals surface area (Å²) in [5.74, 6) is 0.919. The molecule has 4 saturated carbocycles. The van der Waals surface area contributed by atoms with Crippen LogP contribution in [0.1, 0.15) is 72.6 Å². The number of aliphatic hydroxyl groups is 3. The van der Waals surface area contributed by atoms with Gasteiger partial charge in [-0.05, 0) is 79.6 Å². The zero-order chi connectivity index (χ0) is 22.9. The lowest BCUT2D eigenvalue weighted by Gasteiger charge is -2.67. The highest BCUT2D eigenvalue weighted by Crippen LogP contribution is 2.69. The van der Waals surface area contributed by atoms with Gasteiger partial charge in [0.25, 0.3) is 0 Å². The summed E-state index contributed by atoms with van der Waals surface area (Å²) in [6, 6.07) is 0. The van der Waals surface area contributed by atoms with E-state index in [1.807, 2.05) is 0 Å². The van der Waals surface area contributed by atoms with Crippen molar-refractivity contribution >= 4 is 5.71 Å². The molecular formula is C26H44N2O4. The summed E-state index contributed by atoms with van der Waals surface area (Å²) in [6.07, 6.45) is 6.23. The van der Waals surface area contributed by atoms with Crippen LogP contribution in [0.4, 0.5) is 0 Å². The fourth-order valence-electron chi connectivity index (χ4n) is 9.44. The standard InChI is InChI=1S/C26H44N2O4/c1-24(2)19(28-32-15-9-12-27-13-15)8-11-26(4)18-7-10-25(3)17(5-6-20(25)30)21(18)22(31)16(14-29)23(24)26/h15-18,20-23,27,29-31H,5-14H2,1-4H3/b28-19+/t15-,16+,17+,18+,20+,21+,22-,23?,25+,26-/m1/s1. The number of hydrogen-bond acceptors (Lipinski definition) is 6. The van der Waals surface area contributed by atoms with Crippen molar-refractivity contribution in [1.82, 2.24) is 5.32 Å². The third kappa shape index (κ3) is 3.15. The number of nitrogens with one attached hydrogen (secondary N) is 1. The first-order valence-corrected chi connectivity index (χ1v) is 13.1. The van der Waals surface area contributed by atoms with Gasteiger partial charge in [-0.2, -0.15) is 0 Å². The Morgan fingerprint density at radius 2 is 1.75 bits per heavy atom. The normalized spacial score (nSPS) is 53.5. The van der Waals surface area contributed by atoms with Crippen molar-refractivity contribution in [1.29, 1.82) is 0 Å². The summed E-state index contributed by atoms with van der Waals surface area (Å²) in [6.45, 7) is 11.0. The van der Waals surface area contributed by atoms with E-state index < -0.39 is 6.10 Å². The zero-order valence-electron chi connectivity index (χ0n) is 20.4. The van der Waals surface area contributed by atoms with Gasteiger partial charge in [-0.3, -0.25) is 0 Å². The van der Waals surface area contributed by atoms with E-state index in [0.29, 0.717) is 11.8 Å². The van der Waals surface area contributed by atoms with Crippen LogP contribution in [0.3, 0.4) is 0 Å². The lowest BCUT2D eigenvalue weighted by atomic mass is 9.38. The number of rotatable bonds is 3. The highest BCUT2D eigenvalue weighted by molar-refractivity contribution is 5.90. The minimum Gasteiger partial charge on any atom is -0.396 e. The summed E-state index contributed by atoms with van der Waals surface area (Å²) in [7, 11) is 0. The van der Waals surface area contributed by atoms with Gasteiger partial charge in [0, 0.05) is 30.9 Å². The number of oxime groups is 1. The van der Waals surface area contributed by atoms with Crippen molar-refractivity contribution in [2.24, 2.45) is 51.0 Å². The molecule has 0 aromatic heterocycles. The Morgan fingerprint density at radius 3 is 2.44 bits per heavy atom. The Hall–Kier alpha value is -0.690. The van der Waals surface area contributed by atoms with E-state index in [1.54, 1.807) is 0 Å². The Bertz CT molecular complexity index is 750. The molecule has 182 valence electrons. The summed E-state index contributed by atoms with van der Waals surface area (Å²) in [5.41, 5.74) is 0.802. The van der Waals surface area contributed by atoms with Gasteiger partial charge in [0.15, 0.2) is 0 Å². The summed E-state index contributed by atoms with van der Waals surface area (Å²) < 4.78 is 0. The van der Waals surface area contributed by atoms with E-state index in [4.69, 9.17) is 9.99 Å². The molecule has 0 spiro atoms. The fraction of sp³-hybridized carbons (Fsp3) is 0.962. The van der Waals surface area contributed by atoms with Gasteiger partial charge >= 0.3 is 0 Å². The van der Waals surface area contributed by atoms with E-state index in [2.05, 4.69) is 33.0 Å². The summed E-state index contributed by atoms with van der Waals surface area (Å²) in [5, 5.41) is 41.2. The number of hydrogen-bond donors (Lipinski definition) is 4. The maximum absolute atomic E-state index is 11.8. The smallest absolute Gasteiger partial charge is 0.141 e. The highest BCUT2D eigenvalue weighted by Gasteiger charge is 2.67. The average molecular weight is 449 g/mol. The second-order valence-corrected chi connectivity index (χ2v) is 12.7. The molecule has 1 heterocycles. The van der Waals surface area contributed by atoms with Gasteiger partial charge < -0.3 is 25.5 Å². The Kier molecular flexibility index (Phi) is 5.72. The first kappa shape index (κ1) is 23.1. The molecule has 4 aliphatic carbocycles. The van der Waals surface area contributed by atoms with Crippen LogP contribution in [0.2, 0.25) is 0 Å². The number of fused-ring (bicyclic) bond motifs is 5. The van der Waals surface area contributed by atoms with Gasteiger partial charge in [-0.15, -0.1) is 0 Å². The average Bonchev–Trinajstić information content (AvgIpc) is 3.37. The van der Waals surface area contributed by atoms with Crippen molar-refractivity contribution < 1.29 is 20.2 Å². The second kappa shape index (κ2) is 7.93. The molecule has 6 nitrogen and oxygen atoms in total. The van der Waals surface area contributed by atoms with Gasteiger partial charge in [0.2, 0.25) is 0 Å². The van der Waals surface area contributed by atoms with Crippen LogP contribution >= 0.6 is 0 Å². The van der Waals surface area contributed by atoms with Crippen LogP contribution < -0.4 is 5.32 Å². The maximum atomic E-state index is 11.8. The van der Waals surface area contributed by atoms with Crippen LogP contribution in [0.25, 0.3) is 0 Å². The predicted molar refractivity (Wildman–Crippen MR) is 124 cm³/mol. The van der Waals surface area contributed by atoms with Gasteiger partial charge in [-0.1, -0.05) is 32.9 Å². The van der Waals surface area contributed by atoms with Crippen LogP contribution in [0.15, 0.2) is 5.16 Å². The first-order valence-electron chi connectivity index (χ1n) is 13.1. The molecular weight excluding hydrogens is 404 g/mol. The molecule has 0 aromatic carbocycles. The molecule has 1 unspecified atom stereocenters. The fourth-order valence-corrected chi connectivity index (χ4v) is 9.44. The summed E-state index contributed by atoms with van der Waals surface area (Å²) in [4.78, 5) is 5.95. The molecule has 5 fully saturated rings. The molecule has 0 radical (unpaired) electrons. The SMILES string of the molecule is CC1(C)/C(=N/O[C@@H]2CCNC2)CC[C@@]2(C)C1[C@@H](CO)[C@@H](O)[C@H]1[C@@H]3CC[C@H](O)[C@@]3(C)CC[C@@H]12. The van der Waals surface area contributed by atoms with Crippen molar-refractivity contribution in [2.45, 2.75) is 91.0 Å². The van der Waals surface area contributed by atoms with Gasteiger partial charge in [-0.25, -0.2) is 0 Å². The Labute approximate surface area is 193 Å². The minimum absolute atomic E-state index is 0.000737. The molecule has 10 atom stereocenters. The monoisotopic (exact) mass is 448 g/mol. The van der Waals surface area contributed by atoms with E-state index in [-0.39, 0.29) is 52.8 Å². The molecule has 4 N–H and O–H groups in total. The van der Waals surface area contributed by atoms with E-state index in [0.717, 1.165) is 63.7 Å². The van der Waals surface area contributed by atoms with Crippen LogP contribution in [0, 0.1) is 45.8 Å². The Morgan fingerprint density at radius 1 is 1.00 bits per heavy atom. The van der Waals surface area contributed by atoms with E-state index >= 15 is 0 Å². The van der Waals surface area contributed by atoms with Crippen LogP contribution in [0.5, 0.6) is 0 Å². The van der Waals surface area contributed by atoms with E-state index in [9.17, 15) is 15.3 Å². The van der Waals surface area contributed by atoms with Crippen molar-refractivity contribution in [3.05, 3.63) is 0 Å².